The van der Waals surface area contributed by atoms with E-state index in [2.05, 4.69) is 27.1 Å². The summed E-state index contributed by atoms with van der Waals surface area (Å²) in [5, 5.41) is 4.76. The second-order valence-corrected chi connectivity index (χ2v) is 6.68. The number of hydrogen-bond donors (Lipinski definition) is 1. The Morgan fingerprint density at radius 3 is 2.84 bits per heavy atom. The van der Waals surface area contributed by atoms with Crippen LogP contribution in [-0.4, -0.2) is 35.6 Å². The summed E-state index contributed by atoms with van der Waals surface area (Å²) >= 11 is 6.50. The lowest BCUT2D eigenvalue weighted by molar-refractivity contribution is 0.498. The van der Waals surface area contributed by atoms with E-state index in [-0.39, 0.29) is 5.82 Å². The Kier molecular flexibility index (Phi) is 4.27. The third-order valence-corrected chi connectivity index (χ3v) is 4.95. The molecule has 1 fully saturated rings. The summed E-state index contributed by atoms with van der Waals surface area (Å²) in [4.78, 5) is 11.1. The number of piperazine rings is 1. The van der Waals surface area contributed by atoms with Crippen LogP contribution in [0.1, 0.15) is 6.92 Å². The highest BCUT2D eigenvalue weighted by Gasteiger charge is 2.22. The minimum atomic E-state index is -0.297. The molecule has 1 saturated heterocycles. The average Bonchev–Trinajstić information content (AvgIpc) is 2.62. The van der Waals surface area contributed by atoms with Gasteiger partial charge in [-0.2, -0.15) is 0 Å². The molecule has 0 aliphatic carbocycles. The monoisotopic (exact) mass is 356 g/mol. The van der Waals surface area contributed by atoms with Gasteiger partial charge in [-0.15, -0.1) is 0 Å². The lowest BCUT2D eigenvalue weighted by Crippen LogP contribution is -2.50. The van der Waals surface area contributed by atoms with Crippen molar-refractivity contribution in [2.75, 3.05) is 24.5 Å². The van der Waals surface area contributed by atoms with Crippen molar-refractivity contribution in [3.05, 3.63) is 53.6 Å². The highest BCUT2D eigenvalue weighted by Crippen LogP contribution is 2.35. The molecular formula is C19H18ClFN4. The molecule has 2 aromatic carbocycles. The first-order valence-corrected chi connectivity index (χ1v) is 8.69. The summed E-state index contributed by atoms with van der Waals surface area (Å²) in [5.74, 6) is 0.578. The molecule has 0 bridgehead atoms. The fourth-order valence-corrected chi connectivity index (χ4v) is 3.60. The Hall–Kier alpha value is -2.24. The number of benzene rings is 2. The summed E-state index contributed by atoms with van der Waals surface area (Å²) in [6, 6.07) is 10.6. The van der Waals surface area contributed by atoms with Crippen molar-refractivity contribution >= 4 is 28.3 Å². The number of fused-ring (bicyclic) bond motifs is 1. The molecule has 1 aliphatic heterocycles. The van der Waals surface area contributed by atoms with Gasteiger partial charge < -0.3 is 10.2 Å². The Bertz CT molecular complexity index is 930. The van der Waals surface area contributed by atoms with Gasteiger partial charge in [0.1, 0.15) is 18.0 Å². The highest BCUT2D eigenvalue weighted by atomic mass is 35.5. The van der Waals surface area contributed by atoms with E-state index in [4.69, 9.17) is 11.6 Å². The zero-order valence-electron chi connectivity index (χ0n) is 13.8. The van der Waals surface area contributed by atoms with Crippen LogP contribution >= 0.6 is 11.6 Å². The number of halogens is 2. The Morgan fingerprint density at radius 2 is 2.04 bits per heavy atom. The molecule has 3 aromatic rings. The molecule has 0 spiro atoms. The van der Waals surface area contributed by atoms with E-state index in [1.165, 1.54) is 6.07 Å². The minimum Gasteiger partial charge on any atom is -0.351 e. The van der Waals surface area contributed by atoms with Gasteiger partial charge in [-0.1, -0.05) is 29.8 Å². The van der Waals surface area contributed by atoms with Crippen molar-refractivity contribution < 1.29 is 4.39 Å². The van der Waals surface area contributed by atoms with Crippen molar-refractivity contribution in [2.24, 2.45) is 0 Å². The van der Waals surface area contributed by atoms with Gasteiger partial charge in [-0.05, 0) is 25.1 Å². The van der Waals surface area contributed by atoms with Gasteiger partial charge in [0.15, 0.2) is 0 Å². The van der Waals surface area contributed by atoms with E-state index in [9.17, 15) is 4.39 Å². The van der Waals surface area contributed by atoms with Crippen LogP contribution in [0.2, 0.25) is 5.02 Å². The molecule has 0 radical (unpaired) electrons. The van der Waals surface area contributed by atoms with Crippen LogP contribution in [-0.2, 0) is 0 Å². The molecule has 2 heterocycles. The number of hydrogen-bond acceptors (Lipinski definition) is 4. The minimum absolute atomic E-state index is 0.297. The normalized spacial score (nSPS) is 17.9. The third-order valence-electron chi connectivity index (χ3n) is 4.64. The molecule has 6 heteroatoms. The summed E-state index contributed by atoms with van der Waals surface area (Å²) < 4.78 is 14.2. The van der Waals surface area contributed by atoms with E-state index in [1.807, 2.05) is 12.1 Å². The molecule has 1 aliphatic rings. The zero-order valence-corrected chi connectivity index (χ0v) is 14.6. The highest BCUT2D eigenvalue weighted by molar-refractivity contribution is 6.34. The van der Waals surface area contributed by atoms with E-state index in [0.29, 0.717) is 22.2 Å². The molecule has 25 heavy (non-hydrogen) atoms. The van der Waals surface area contributed by atoms with Gasteiger partial charge in [-0.25, -0.2) is 14.4 Å². The molecule has 0 amide bonds. The second-order valence-electron chi connectivity index (χ2n) is 6.27. The first-order valence-electron chi connectivity index (χ1n) is 8.31. The topological polar surface area (TPSA) is 41.0 Å². The predicted octanol–water partition coefficient (Wildman–Crippen LogP) is 3.89. The summed E-state index contributed by atoms with van der Waals surface area (Å²) in [7, 11) is 0. The summed E-state index contributed by atoms with van der Waals surface area (Å²) in [5.41, 5.74) is 1.88. The van der Waals surface area contributed by atoms with Crippen molar-refractivity contribution in [3.8, 4) is 11.1 Å². The van der Waals surface area contributed by atoms with E-state index in [0.717, 1.165) is 36.4 Å². The smallest absolute Gasteiger partial charge is 0.140 e. The number of anilines is 1. The van der Waals surface area contributed by atoms with Crippen LogP contribution in [0, 0.1) is 5.82 Å². The van der Waals surface area contributed by atoms with Crippen molar-refractivity contribution in [1.29, 1.82) is 0 Å². The molecule has 4 rings (SSSR count). The first-order chi connectivity index (χ1) is 12.1. The van der Waals surface area contributed by atoms with E-state index >= 15 is 0 Å². The van der Waals surface area contributed by atoms with Gasteiger partial charge >= 0.3 is 0 Å². The van der Waals surface area contributed by atoms with Crippen molar-refractivity contribution in [2.45, 2.75) is 13.0 Å². The van der Waals surface area contributed by atoms with Gasteiger partial charge in [0.25, 0.3) is 0 Å². The van der Waals surface area contributed by atoms with Crippen molar-refractivity contribution in [3.63, 3.8) is 0 Å². The molecule has 128 valence electrons. The Labute approximate surface area is 150 Å². The van der Waals surface area contributed by atoms with Gasteiger partial charge in [0, 0.05) is 47.2 Å². The van der Waals surface area contributed by atoms with Gasteiger partial charge in [0.2, 0.25) is 0 Å². The number of nitrogens with zero attached hydrogens (tertiary/aromatic N) is 3. The van der Waals surface area contributed by atoms with Crippen LogP contribution in [0.3, 0.4) is 0 Å². The lowest BCUT2D eigenvalue weighted by Gasteiger charge is -2.35. The maximum atomic E-state index is 14.2. The molecule has 1 atom stereocenters. The lowest BCUT2D eigenvalue weighted by atomic mass is 10.0. The predicted molar refractivity (Wildman–Crippen MR) is 99.6 cm³/mol. The first kappa shape index (κ1) is 16.2. The fraction of sp³-hybridized carbons (Fsp3) is 0.263. The number of aromatic nitrogens is 2. The summed E-state index contributed by atoms with van der Waals surface area (Å²) in [6.07, 6.45) is 1.56. The van der Waals surface area contributed by atoms with Gasteiger partial charge in [-0.3, -0.25) is 0 Å². The van der Waals surface area contributed by atoms with Crippen molar-refractivity contribution in [1.82, 2.24) is 15.3 Å². The maximum absolute atomic E-state index is 14.2. The average molecular weight is 357 g/mol. The van der Waals surface area contributed by atoms with Crippen LogP contribution < -0.4 is 10.2 Å². The molecule has 1 N–H and O–H groups in total. The number of rotatable bonds is 2. The van der Waals surface area contributed by atoms with Gasteiger partial charge in [0.05, 0.1) is 5.52 Å². The zero-order chi connectivity index (χ0) is 17.4. The van der Waals surface area contributed by atoms with E-state index < -0.39 is 0 Å². The Balaban J connectivity index is 1.87. The molecular weight excluding hydrogens is 339 g/mol. The maximum Gasteiger partial charge on any atom is 0.140 e. The molecule has 0 unspecified atom stereocenters. The molecule has 0 saturated carbocycles. The quantitative estimate of drug-likeness (QED) is 0.756. The fourth-order valence-electron chi connectivity index (χ4n) is 3.33. The summed E-state index contributed by atoms with van der Waals surface area (Å²) in [6.45, 7) is 4.86. The Morgan fingerprint density at radius 1 is 1.20 bits per heavy atom. The SMILES string of the molecule is C[C@H]1CNCCN1c1ncnc2cc(-c3ccccc3F)c(Cl)cc12. The van der Waals surface area contributed by atoms with E-state index in [1.54, 1.807) is 24.5 Å². The van der Waals surface area contributed by atoms with Crippen LogP contribution in [0.4, 0.5) is 10.2 Å². The largest absolute Gasteiger partial charge is 0.351 e. The molecule has 1 aromatic heterocycles. The third kappa shape index (κ3) is 2.94. The van der Waals surface area contributed by atoms with Crippen LogP contribution in [0.25, 0.3) is 22.0 Å². The molecule has 4 nitrogen and oxygen atoms in total. The number of nitrogens with one attached hydrogen (secondary N) is 1. The second kappa shape index (κ2) is 6.58. The van der Waals surface area contributed by atoms with Crippen LogP contribution in [0.5, 0.6) is 0 Å². The van der Waals surface area contributed by atoms with Crippen LogP contribution in [0.15, 0.2) is 42.7 Å². The standard InChI is InChI=1S/C19H18ClFN4/c1-12-10-22-6-7-25(12)19-15-8-16(20)14(9-18(15)23-11-24-19)13-4-2-3-5-17(13)21/h2-5,8-9,11-12,22H,6-7,10H2,1H3/t12-/m0/s1.